The molecule has 0 atom stereocenters. The number of halogens is 2. The molecule has 1 saturated heterocycles. The first-order valence-corrected chi connectivity index (χ1v) is 9.51. The van der Waals surface area contributed by atoms with Crippen LogP contribution in [0, 0.1) is 6.92 Å². The Morgan fingerprint density at radius 2 is 1.72 bits per heavy atom. The largest absolute Gasteiger partial charge is 0.325 e. The molecule has 3 amide bonds. The van der Waals surface area contributed by atoms with Crippen LogP contribution in [0.15, 0.2) is 42.6 Å². The normalized spacial score (nSPS) is 20.2. The number of para-hydroxylation sites is 1. The lowest BCUT2D eigenvalue weighted by Crippen LogP contribution is -2.51. The van der Waals surface area contributed by atoms with Crippen molar-refractivity contribution < 1.29 is 23.2 Å². The molecule has 4 rings (SSSR count). The number of ketones is 1. The standard InChI is InChI=1S/C21H21F2N3O3/c1-14-16(7-12-25(14)15-5-3-2-4-6-15)17(27)13-26-18(28)20(24-19(26)29)8-10-21(22,23)11-9-20/h2-7,12H,8-11,13H2,1H3,(H,24,29). The number of urea groups is 1. The van der Waals surface area contributed by atoms with Gasteiger partial charge in [-0.3, -0.25) is 14.5 Å². The number of aromatic nitrogens is 1. The summed E-state index contributed by atoms with van der Waals surface area (Å²) in [6, 6.07) is 10.4. The zero-order valence-electron chi connectivity index (χ0n) is 16.0. The van der Waals surface area contributed by atoms with Crippen molar-refractivity contribution in [3.05, 3.63) is 53.9 Å². The van der Waals surface area contributed by atoms with Gasteiger partial charge in [-0.1, -0.05) is 18.2 Å². The zero-order valence-corrected chi connectivity index (χ0v) is 16.0. The van der Waals surface area contributed by atoms with Gasteiger partial charge in [-0.25, -0.2) is 13.6 Å². The third-order valence-corrected chi connectivity index (χ3v) is 5.86. The number of hydrogen-bond donors (Lipinski definition) is 1. The second-order valence-corrected chi connectivity index (χ2v) is 7.70. The maximum atomic E-state index is 13.5. The van der Waals surface area contributed by atoms with E-state index < -0.39 is 42.8 Å². The summed E-state index contributed by atoms with van der Waals surface area (Å²) in [5.41, 5.74) is 0.677. The first-order valence-electron chi connectivity index (χ1n) is 9.51. The van der Waals surface area contributed by atoms with Gasteiger partial charge in [-0.2, -0.15) is 0 Å². The summed E-state index contributed by atoms with van der Waals surface area (Å²) in [4.78, 5) is 38.8. The van der Waals surface area contributed by atoms with Crippen molar-refractivity contribution in [1.82, 2.24) is 14.8 Å². The average molecular weight is 401 g/mol. The number of imide groups is 1. The Morgan fingerprint density at radius 3 is 2.38 bits per heavy atom. The minimum Gasteiger partial charge on any atom is -0.323 e. The van der Waals surface area contributed by atoms with Gasteiger partial charge in [0.1, 0.15) is 5.54 Å². The van der Waals surface area contributed by atoms with Crippen LogP contribution in [-0.2, 0) is 4.79 Å². The molecule has 6 nitrogen and oxygen atoms in total. The number of benzene rings is 1. The van der Waals surface area contributed by atoms with Gasteiger partial charge in [0.05, 0.1) is 6.54 Å². The Hall–Kier alpha value is -3.03. The van der Waals surface area contributed by atoms with Gasteiger partial charge in [0.2, 0.25) is 5.92 Å². The van der Waals surface area contributed by atoms with Crippen LogP contribution in [-0.4, -0.2) is 45.2 Å². The Labute approximate surface area is 166 Å². The van der Waals surface area contributed by atoms with E-state index >= 15 is 0 Å². The molecule has 1 saturated carbocycles. The highest BCUT2D eigenvalue weighted by molar-refractivity contribution is 6.11. The van der Waals surface area contributed by atoms with Crippen LogP contribution in [0.3, 0.4) is 0 Å². The Balaban J connectivity index is 1.51. The van der Waals surface area contributed by atoms with Crippen LogP contribution < -0.4 is 5.32 Å². The summed E-state index contributed by atoms with van der Waals surface area (Å²) in [7, 11) is 0. The van der Waals surface area contributed by atoms with Crippen molar-refractivity contribution in [1.29, 1.82) is 0 Å². The van der Waals surface area contributed by atoms with E-state index in [2.05, 4.69) is 5.32 Å². The number of nitrogens with zero attached hydrogens (tertiary/aromatic N) is 2. The highest BCUT2D eigenvalue weighted by atomic mass is 19.3. The average Bonchev–Trinajstić information content (AvgIpc) is 3.18. The molecule has 1 spiro atoms. The Kier molecular flexibility index (Phi) is 4.52. The second-order valence-electron chi connectivity index (χ2n) is 7.70. The van der Waals surface area contributed by atoms with Crippen molar-refractivity contribution >= 4 is 17.7 Å². The second kappa shape index (κ2) is 6.79. The predicted molar refractivity (Wildman–Crippen MR) is 101 cm³/mol. The summed E-state index contributed by atoms with van der Waals surface area (Å²) >= 11 is 0. The van der Waals surface area contributed by atoms with E-state index in [1.165, 1.54) is 0 Å². The van der Waals surface area contributed by atoms with Crippen molar-refractivity contribution in [2.75, 3.05) is 6.54 Å². The zero-order chi connectivity index (χ0) is 20.8. The number of alkyl halides is 2. The third-order valence-electron chi connectivity index (χ3n) is 5.86. The molecule has 2 aliphatic rings. The van der Waals surface area contributed by atoms with Crippen molar-refractivity contribution in [3.8, 4) is 5.69 Å². The molecule has 1 N–H and O–H groups in total. The minimum absolute atomic E-state index is 0.126. The number of hydrogen-bond acceptors (Lipinski definition) is 3. The number of carbonyl (C=O) groups excluding carboxylic acids is 3. The molecule has 2 aromatic rings. The molecule has 1 aliphatic carbocycles. The van der Waals surface area contributed by atoms with Crippen LogP contribution in [0.1, 0.15) is 41.7 Å². The van der Waals surface area contributed by atoms with Crippen LogP contribution in [0.5, 0.6) is 0 Å². The van der Waals surface area contributed by atoms with E-state index in [1.54, 1.807) is 19.2 Å². The van der Waals surface area contributed by atoms with Gasteiger partial charge in [0, 0.05) is 36.0 Å². The Morgan fingerprint density at radius 1 is 1.07 bits per heavy atom. The van der Waals surface area contributed by atoms with Crippen LogP contribution in [0.25, 0.3) is 5.69 Å². The highest BCUT2D eigenvalue weighted by Gasteiger charge is 2.55. The van der Waals surface area contributed by atoms with E-state index in [4.69, 9.17) is 0 Å². The monoisotopic (exact) mass is 401 g/mol. The van der Waals surface area contributed by atoms with Crippen LogP contribution >= 0.6 is 0 Å². The molecule has 1 aliphatic heterocycles. The maximum absolute atomic E-state index is 13.5. The van der Waals surface area contributed by atoms with Gasteiger partial charge in [-0.15, -0.1) is 0 Å². The summed E-state index contributed by atoms with van der Waals surface area (Å²) in [5.74, 6) is -3.79. The van der Waals surface area contributed by atoms with Crippen molar-refractivity contribution in [2.24, 2.45) is 0 Å². The van der Waals surface area contributed by atoms with E-state index in [0.717, 1.165) is 10.6 Å². The lowest BCUT2D eigenvalue weighted by molar-refractivity contribution is -0.135. The summed E-state index contributed by atoms with van der Waals surface area (Å²) < 4.78 is 28.8. The Bertz CT molecular complexity index is 974. The lowest BCUT2D eigenvalue weighted by atomic mass is 9.80. The fourth-order valence-electron chi connectivity index (χ4n) is 4.10. The number of carbonyl (C=O) groups is 3. The molecule has 1 aromatic heterocycles. The van der Waals surface area contributed by atoms with Crippen LogP contribution in [0.2, 0.25) is 0 Å². The molecular formula is C21H21F2N3O3. The molecule has 0 bridgehead atoms. The molecule has 152 valence electrons. The molecule has 0 unspecified atom stereocenters. The minimum atomic E-state index is -2.82. The molecule has 0 radical (unpaired) electrons. The lowest BCUT2D eigenvalue weighted by Gasteiger charge is -2.34. The topological polar surface area (TPSA) is 71.4 Å². The number of amides is 3. The summed E-state index contributed by atoms with van der Waals surface area (Å²) in [6.07, 6.45) is 0.589. The summed E-state index contributed by atoms with van der Waals surface area (Å²) in [5, 5.41) is 2.56. The van der Waals surface area contributed by atoms with Crippen molar-refractivity contribution in [2.45, 2.75) is 44.1 Å². The van der Waals surface area contributed by atoms with Crippen LogP contribution in [0.4, 0.5) is 13.6 Å². The van der Waals surface area contributed by atoms with Gasteiger partial charge in [0.15, 0.2) is 5.78 Å². The van der Waals surface area contributed by atoms with Gasteiger partial charge >= 0.3 is 6.03 Å². The third kappa shape index (κ3) is 3.32. The van der Waals surface area contributed by atoms with Gasteiger partial charge in [0.25, 0.3) is 5.91 Å². The van der Waals surface area contributed by atoms with E-state index in [9.17, 15) is 23.2 Å². The summed E-state index contributed by atoms with van der Waals surface area (Å²) in [6.45, 7) is 1.37. The van der Waals surface area contributed by atoms with E-state index in [1.807, 2.05) is 34.9 Å². The molecule has 29 heavy (non-hydrogen) atoms. The first kappa shape index (κ1) is 19.3. The van der Waals surface area contributed by atoms with Gasteiger partial charge in [-0.05, 0) is 38.0 Å². The maximum Gasteiger partial charge on any atom is 0.325 e. The molecule has 1 aromatic carbocycles. The molecule has 8 heteroatoms. The first-order chi connectivity index (χ1) is 13.7. The van der Waals surface area contributed by atoms with Gasteiger partial charge < -0.3 is 9.88 Å². The fraction of sp³-hybridized carbons (Fsp3) is 0.381. The number of nitrogens with one attached hydrogen (secondary N) is 1. The fourth-order valence-corrected chi connectivity index (χ4v) is 4.10. The molecular weight excluding hydrogens is 380 g/mol. The van der Waals surface area contributed by atoms with E-state index in [-0.39, 0.29) is 18.6 Å². The smallest absolute Gasteiger partial charge is 0.323 e. The quantitative estimate of drug-likeness (QED) is 0.630. The predicted octanol–water partition coefficient (Wildman–Crippen LogP) is 3.47. The van der Waals surface area contributed by atoms with Crippen molar-refractivity contribution in [3.63, 3.8) is 0 Å². The molecule has 2 fully saturated rings. The SMILES string of the molecule is Cc1c(C(=O)CN2C(=O)NC3(CCC(F)(F)CC3)C2=O)ccn1-c1ccccc1. The van der Waals surface area contributed by atoms with E-state index in [0.29, 0.717) is 11.3 Å². The molecule has 2 heterocycles. The highest BCUT2D eigenvalue weighted by Crippen LogP contribution is 2.41. The number of rotatable bonds is 4. The number of Topliss-reactive ketones (excluding diaryl/α,β-unsaturated/α-hetero) is 1.